The number of urea groups is 1. The number of pyridine rings is 1. The highest BCUT2D eigenvalue weighted by atomic mass is 19.1. The number of anilines is 2. The molecule has 0 aliphatic carbocycles. The Balaban J connectivity index is 1.41. The molecule has 0 radical (unpaired) electrons. The molecule has 1 fully saturated rings. The van der Waals surface area contributed by atoms with Gasteiger partial charge in [-0.1, -0.05) is 5.16 Å². The Morgan fingerprint density at radius 1 is 1.29 bits per heavy atom. The Kier molecular flexibility index (Phi) is 4.88. The van der Waals surface area contributed by atoms with E-state index in [1.165, 1.54) is 24.3 Å². The van der Waals surface area contributed by atoms with Gasteiger partial charge >= 0.3 is 6.03 Å². The molecule has 0 saturated carbocycles. The van der Waals surface area contributed by atoms with E-state index in [9.17, 15) is 9.18 Å². The fourth-order valence-electron chi connectivity index (χ4n) is 3.18. The molecule has 0 spiro atoms. The molecule has 0 unspecified atom stereocenters. The number of nitrogens with one attached hydrogen (secondary N) is 2. The number of amides is 2. The molecule has 0 bridgehead atoms. The monoisotopic (exact) mass is 382 g/mol. The van der Waals surface area contributed by atoms with Gasteiger partial charge in [0.1, 0.15) is 11.6 Å². The van der Waals surface area contributed by atoms with E-state index in [0.717, 1.165) is 24.3 Å². The first-order chi connectivity index (χ1) is 13.6. The van der Waals surface area contributed by atoms with E-state index < -0.39 is 0 Å². The van der Waals surface area contributed by atoms with Gasteiger partial charge in [-0.3, -0.25) is 0 Å². The summed E-state index contributed by atoms with van der Waals surface area (Å²) in [6, 6.07) is 8.97. The first-order valence-corrected chi connectivity index (χ1v) is 8.92. The summed E-state index contributed by atoms with van der Waals surface area (Å²) in [5, 5.41) is 9.49. The lowest BCUT2D eigenvalue weighted by Crippen LogP contribution is -2.39. The number of halogens is 1. The van der Waals surface area contributed by atoms with Gasteiger partial charge in [0.15, 0.2) is 5.82 Å². The summed E-state index contributed by atoms with van der Waals surface area (Å²) in [6.07, 6.45) is 2.49. The number of carbonyl (C=O) groups excluding carboxylic acids is 1. The van der Waals surface area contributed by atoms with E-state index in [-0.39, 0.29) is 17.9 Å². The summed E-state index contributed by atoms with van der Waals surface area (Å²) in [5.41, 5.74) is 1.30. The highest BCUT2D eigenvalue weighted by Crippen LogP contribution is 2.29. The molecule has 28 heavy (non-hydrogen) atoms. The molecule has 1 saturated heterocycles. The van der Waals surface area contributed by atoms with E-state index in [0.29, 0.717) is 23.9 Å². The Morgan fingerprint density at radius 2 is 2.11 bits per heavy atom. The Morgan fingerprint density at radius 3 is 2.86 bits per heavy atom. The fraction of sp³-hybridized carbons (Fsp3) is 0.263. The van der Waals surface area contributed by atoms with Crippen molar-refractivity contribution in [1.82, 2.24) is 20.4 Å². The number of hydrogen-bond donors (Lipinski definition) is 2. The average Bonchev–Trinajstić information content (AvgIpc) is 3.33. The molecule has 144 valence electrons. The maximum atomic E-state index is 13.0. The number of rotatable bonds is 4. The maximum absolute atomic E-state index is 13.0. The van der Waals surface area contributed by atoms with E-state index in [4.69, 9.17) is 4.52 Å². The van der Waals surface area contributed by atoms with Crippen molar-refractivity contribution in [2.75, 3.05) is 23.3 Å². The Labute approximate surface area is 160 Å². The average molecular weight is 382 g/mol. The minimum absolute atomic E-state index is 0.0419. The zero-order chi connectivity index (χ0) is 19.5. The Bertz CT molecular complexity index is 975. The van der Waals surface area contributed by atoms with E-state index >= 15 is 0 Å². The summed E-state index contributed by atoms with van der Waals surface area (Å²) >= 11 is 0. The first kappa shape index (κ1) is 17.9. The Hall–Kier alpha value is -3.49. The van der Waals surface area contributed by atoms with Gasteiger partial charge in [-0.05, 0) is 49.7 Å². The number of hydrogen-bond acceptors (Lipinski definition) is 6. The topological polar surface area (TPSA) is 96.2 Å². The normalized spacial score (nSPS) is 16.2. The van der Waals surface area contributed by atoms with Gasteiger partial charge in [-0.25, -0.2) is 14.2 Å². The van der Waals surface area contributed by atoms with Crippen molar-refractivity contribution in [2.24, 2.45) is 0 Å². The van der Waals surface area contributed by atoms with Crippen LogP contribution in [0.1, 0.15) is 12.2 Å². The fourth-order valence-corrected chi connectivity index (χ4v) is 3.18. The number of aromatic nitrogens is 3. The molecule has 3 aromatic rings. The molecule has 1 aliphatic heterocycles. The van der Waals surface area contributed by atoms with Crippen LogP contribution in [0.25, 0.3) is 11.5 Å². The van der Waals surface area contributed by atoms with Gasteiger partial charge in [0.2, 0.25) is 0 Å². The molecule has 1 aliphatic rings. The number of aryl methyl sites for hydroxylation is 1. The molecular weight excluding hydrogens is 363 g/mol. The molecule has 3 heterocycles. The SMILES string of the molecule is Cc1noc(-c2cccnc2N2CC[C@@H](NC(=O)Nc3ccc(F)cc3)C2)n1. The molecule has 1 atom stereocenters. The summed E-state index contributed by atoms with van der Waals surface area (Å²) < 4.78 is 18.2. The number of nitrogens with zero attached hydrogens (tertiary/aromatic N) is 4. The van der Waals surface area contributed by atoms with Crippen molar-refractivity contribution >= 4 is 17.5 Å². The molecular formula is C19H19FN6O2. The standard InChI is InChI=1S/C19H19FN6O2/c1-12-22-18(28-25-12)16-3-2-9-21-17(16)26-10-8-15(11-26)24-19(27)23-14-6-4-13(20)5-7-14/h2-7,9,15H,8,10-11H2,1H3,(H2,23,24,27)/t15-/m1/s1. The van der Waals surface area contributed by atoms with Crippen LogP contribution in [0.3, 0.4) is 0 Å². The molecule has 2 amide bonds. The smallest absolute Gasteiger partial charge is 0.319 e. The highest BCUT2D eigenvalue weighted by molar-refractivity contribution is 5.89. The van der Waals surface area contributed by atoms with Gasteiger partial charge < -0.3 is 20.1 Å². The molecule has 8 nitrogen and oxygen atoms in total. The third-order valence-electron chi connectivity index (χ3n) is 4.47. The van der Waals surface area contributed by atoms with Crippen molar-refractivity contribution < 1.29 is 13.7 Å². The van der Waals surface area contributed by atoms with E-state index in [2.05, 4.69) is 30.7 Å². The van der Waals surface area contributed by atoms with Crippen LogP contribution in [-0.4, -0.2) is 40.3 Å². The van der Waals surface area contributed by atoms with Crippen molar-refractivity contribution in [3.63, 3.8) is 0 Å². The second-order valence-corrected chi connectivity index (χ2v) is 6.56. The predicted molar refractivity (Wildman–Crippen MR) is 101 cm³/mol. The van der Waals surface area contributed by atoms with Gasteiger partial charge in [0.25, 0.3) is 5.89 Å². The maximum Gasteiger partial charge on any atom is 0.319 e. The summed E-state index contributed by atoms with van der Waals surface area (Å²) in [5.74, 6) is 1.38. The van der Waals surface area contributed by atoms with Crippen LogP contribution in [0.15, 0.2) is 47.1 Å². The van der Waals surface area contributed by atoms with Crippen LogP contribution in [0, 0.1) is 12.7 Å². The number of carbonyl (C=O) groups is 1. The van der Waals surface area contributed by atoms with Gasteiger partial charge in [0, 0.05) is 31.0 Å². The second kappa shape index (κ2) is 7.63. The molecule has 1 aromatic carbocycles. The number of benzene rings is 1. The van der Waals surface area contributed by atoms with Crippen molar-refractivity contribution in [3.05, 3.63) is 54.2 Å². The largest absolute Gasteiger partial charge is 0.354 e. The highest BCUT2D eigenvalue weighted by Gasteiger charge is 2.27. The van der Waals surface area contributed by atoms with Gasteiger partial charge in [-0.2, -0.15) is 4.98 Å². The van der Waals surface area contributed by atoms with Crippen molar-refractivity contribution in [2.45, 2.75) is 19.4 Å². The van der Waals surface area contributed by atoms with Crippen molar-refractivity contribution in [3.8, 4) is 11.5 Å². The molecule has 9 heteroatoms. The predicted octanol–water partition coefficient (Wildman–Crippen LogP) is 2.98. The quantitative estimate of drug-likeness (QED) is 0.720. The van der Waals surface area contributed by atoms with Gasteiger partial charge in [0.05, 0.1) is 5.56 Å². The first-order valence-electron chi connectivity index (χ1n) is 8.92. The molecule has 2 aromatic heterocycles. The van der Waals surface area contributed by atoms with Crippen LogP contribution >= 0.6 is 0 Å². The van der Waals surface area contributed by atoms with Crippen LogP contribution in [0.5, 0.6) is 0 Å². The zero-order valence-corrected chi connectivity index (χ0v) is 15.2. The minimum atomic E-state index is -0.347. The summed E-state index contributed by atoms with van der Waals surface area (Å²) in [4.78, 5) is 23.0. The van der Waals surface area contributed by atoms with Gasteiger partial charge in [-0.15, -0.1) is 0 Å². The lowest BCUT2D eigenvalue weighted by Gasteiger charge is -2.19. The molecule has 2 N–H and O–H groups in total. The van der Waals surface area contributed by atoms with Crippen LogP contribution in [-0.2, 0) is 0 Å². The summed E-state index contributed by atoms with van der Waals surface area (Å²) in [7, 11) is 0. The van der Waals surface area contributed by atoms with Crippen LogP contribution in [0.2, 0.25) is 0 Å². The summed E-state index contributed by atoms with van der Waals surface area (Å²) in [6.45, 7) is 3.10. The van der Waals surface area contributed by atoms with E-state index in [1.807, 2.05) is 12.1 Å². The minimum Gasteiger partial charge on any atom is -0.354 e. The van der Waals surface area contributed by atoms with E-state index in [1.54, 1.807) is 13.1 Å². The zero-order valence-electron chi connectivity index (χ0n) is 15.2. The molecule has 4 rings (SSSR count). The third kappa shape index (κ3) is 3.93. The third-order valence-corrected chi connectivity index (χ3v) is 4.47. The lowest BCUT2D eigenvalue weighted by molar-refractivity contribution is 0.249. The van der Waals surface area contributed by atoms with Crippen LogP contribution < -0.4 is 15.5 Å². The lowest BCUT2D eigenvalue weighted by atomic mass is 10.2. The second-order valence-electron chi connectivity index (χ2n) is 6.56. The van der Waals surface area contributed by atoms with Crippen LogP contribution in [0.4, 0.5) is 20.7 Å². The van der Waals surface area contributed by atoms with Crippen molar-refractivity contribution in [1.29, 1.82) is 0 Å².